The summed E-state index contributed by atoms with van der Waals surface area (Å²) in [6, 6.07) is 5.77. The van der Waals surface area contributed by atoms with E-state index in [1.165, 1.54) is 7.11 Å². The molecular weight excluding hydrogens is 538 g/mol. The number of esters is 1. The topological polar surface area (TPSA) is 90.9 Å². The number of fused-ring (bicyclic) bond motifs is 1. The van der Waals surface area contributed by atoms with Crippen LogP contribution in [0, 0.1) is 18.3 Å². The van der Waals surface area contributed by atoms with Gasteiger partial charge in [0.25, 0.3) is 0 Å². The Balaban J connectivity index is 1.72. The SMILES string of the molecule is C=CCCCN(C)C(=O)[C@@H]1C[C@H](Oc2cc(-c3nc(C(C)C)cs3)nc3c(C)c(OC)ccc23)C[C@@]1(C)C(=O)OC. The molecule has 0 spiro atoms. The zero-order valence-corrected chi connectivity index (χ0v) is 26.0. The smallest absolute Gasteiger partial charge is 0.312 e. The van der Waals surface area contributed by atoms with Crippen molar-refractivity contribution in [2.75, 3.05) is 27.8 Å². The number of amides is 1. The average Bonchev–Trinajstić information content (AvgIpc) is 3.58. The molecule has 1 saturated carbocycles. The van der Waals surface area contributed by atoms with Crippen molar-refractivity contribution in [3.05, 3.63) is 47.5 Å². The number of nitrogens with zero attached hydrogens (tertiary/aromatic N) is 3. The highest BCUT2D eigenvalue weighted by Gasteiger charge is 2.54. The molecule has 220 valence electrons. The van der Waals surface area contributed by atoms with Crippen molar-refractivity contribution in [1.29, 1.82) is 0 Å². The van der Waals surface area contributed by atoms with Gasteiger partial charge in [-0.2, -0.15) is 0 Å². The Morgan fingerprint density at radius 3 is 2.63 bits per heavy atom. The van der Waals surface area contributed by atoms with Crippen LogP contribution in [0.4, 0.5) is 0 Å². The Labute approximate surface area is 246 Å². The van der Waals surface area contributed by atoms with Crippen LogP contribution in [0.25, 0.3) is 21.6 Å². The fourth-order valence-electron chi connectivity index (χ4n) is 5.65. The Kier molecular flexibility index (Phi) is 9.37. The van der Waals surface area contributed by atoms with E-state index in [4.69, 9.17) is 24.2 Å². The number of hydrogen-bond donors (Lipinski definition) is 0. The summed E-state index contributed by atoms with van der Waals surface area (Å²) in [6.45, 7) is 12.4. The molecule has 2 heterocycles. The number of ether oxygens (including phenoxy) is 3. The van der Waals surface area contributed by atoms with Crippen LogP contribution >= 0.6 is 11.3 Å². The minimum Gasteiger partial charge on any atom is -0.496 e. The van der Waals surface area contributed by atoms with Crippen molar-refractivity contribution in [1.82, 2.24) is 14.9 Å². The Hall–Kier alpha value is -3.46. The molecule has 2 aromatic heterocycles. The van der Waals surface area contributed by atoms with E-state index in [0.717, 1.165) is 45.8 Å². The monoisotopic (exact) mass is 579 g/mol. The van der Waals surface area contributed by atoms with Crippen molar-refractivity contribution in [2.45, 2.75) is 65.4 Å². The van der Waals surface area contributed by atoms with Crippen LogP contribution in [0.1, 0.15) is 63.6 Å². The van der Waals surface area contributed by atoms with Crippen LogP contribution in [0.2, 0.25) is 0 Å². The summed E-state index contributed by atoms with van der Waals surface area (Å²) in [7, 11) is 4.80. The maximum absolute atomic E-state index is 13.6. The van der Waals surface area contributed by atoms with Gasteiger partial charge in [-0.25, -0.2) is 9.97 Å². The summed E-state index contributed by atoms with van der Waals surface area (Å²) < 4.78 is 17.5. The number of allylic oxidation sites excluding steroid dienone is 1. The number of carbonyl (C=O) groups excluding carboxylic acids is 2. The highest BCUT2D eigenvalue weighted by molar-refractivity contribution is 7.13. The molecule has 1 amide bonds. The van der Waals surface area contributed by atoms with Gasteiger partial charge in [0, 0.05) is 42.4 Å². The summed E-state index contributed by atoms with van der Waals surface area (Å²) in [6.07, 6.45) is 3.87. The summed E-state index contributed by atoms with van der Waals surface area (Å²) in [4.78, 5) is 38.2. The molecule has 41 heavy (non-hydrogen) atoms. The third-order valence-corrected chi connectivity index (χ3v) is 9.02. The van der Waals surface area contributed by atoms with Gasteiger partial charge in [-0.3, -0.25) is 9.59 Å². The fraction of sp³-hybridized carbons (Fsp3) is 0.500. The first kappa shape index (κ1) is 30.5. The minimum absolute atomic E-state index is 0.0714. The molecule has 1 aliphatic rings. The first-order chi connectivity index (χ1) is 19.5. The Bertz CT molecular complexity index is 1430. The maximum Gasteiger partial charge on any atom is 0.312 e. The second kappa shape index (κ2) is 12.6. The van der Waals surface area contributed by atoms with E-state index in [-0.39, 0.29) is 12.0 Å². The second-order valence-electron chi connectivity index (χ2n) is 11.4. The van der Waals surface area contributed by atoms with E-state index >= 15 is 0 Å². The molecule has 0 bridgehead atoms. The summed E-state index contributed by atoms with van der Waals surface area (Å²) >= 11 is 1.55. The third-order valence-electron chi connectivity index (χ3n) is 8.14. The van der Waals surface area contributed by atoms with Crippen molar-refractivity contribution < 1.29 is 23.8 Å². The van der Waals surface area contributed by atoms with Crippen LogP contribution in [0.5, 0.6) is 11.5 Å². The van der Waals surface area contributed by atoms with Gasteiger partial charge < -0.3 is 19.1 Å². The molecule has 3 atom stereocenters. The number of thiazole rings is 1. The van der Waals surface area contributed by atoms with Crippen LogP contribution in [0.15, 0.2) is 36.2 Å². The number of hydrogen-bond acceptors (Lipinski definition) is 8. The molecule has 1 aromatic carbocycles. The van der Waals surface area contributed by atoms with Crippen molar-refractivity contribution >= 4 is 34.1 Å². The van der Waals surface area contributed by atoms with Gasteiger partial charge in [0.05, 0.1) is 36.8 Å². The molecule has 0 unspecified atom stereocenters. The molecule has 9 heteroatoms. The molecule has 0 radical (unpaired) electrons. The van der Waals surface area contributed by atoms with Gasteiger partial charge >= 0.3 is 5.97 Å². The number of aryl methyl sites for hydroxylation is 1. The van der Waals surface area contributed by atoms with Gasteiger partial charge in [0.1, 0.15) is 28.3 Å². The standard InChI is InChI=1S/C32H41N3O5S/c1-9-10-11-14-35(6)30(36)23-15-21(17-32(23,5)31(37)39-8)40-27-16-24(29-34-25(18-41-29)19(2)3)33-28-20(4)26(38-7)13-12-22(27)28/h9,12-13,16,18-19,21,23H,1,10-11,14-15,17H2,2-8H3/t21-,23-,32+/m0/s1. The Morgan fingerprint density at radius 1 is 1.24 bits per heavy atom. The van der Waals surface area contributed by atoms with E-state index in [1.54, 1.807) is 30.4 Å². The normalized spacial score (nSPS) is 20.3. The maximum atomic E-state index is 13.6. The molecule has 1 fully saturated rings. The lowest BCUT2D eigenvalue weighted by Gasteiger charge is -2.30. The van der Waals surface area contributed by atoms with Gasteiger partial charge in [-0.05, 0) is 51.2 Å². The van der Waals surface area contributed by atoms with Gasteiger partial charge in [0.2, 0.25) is 5.91 Å². The quantitative estimate of drug-likeness (QED) is 0.144. The van der Waals surface area contributed by atoms with Crippen molar-refractivity contribution in [2.24, 2.45) is 11.3 Å². The highest BCUT2D eigenvalue weighted by Crippen LogP contribution is 2.47. The van der Waals surface area contributed by atoms with Crippen molar-refractivity contribution in [3.8, 4) is 22.2 Å². The molecule has 1 aliphatic carbocycles. The predicted molar refractivity (Wildman–Crippen MR) is 163 cm³/mol. The highest BCUT2D eigenvalue weighted by atomic mass is 32.1. The Morgan fingerprint density at radius 2 is 2.00 bits per heavy atom. The molecule has 3 aromatic rings. The van der Waals surface area contributed by atoms with E-state index in [2.05, 4.69) is 25.8 Å². The van der Waals surface area contributed by atoms with Crippen LogP contribution in [-0.2, 0) is 14.3 Å². The average molecular weight is 580 g/mol. The largest absolute Gasteiger partial charge is 0.496 e. The lowest BCUT2D eigenvalue weighted by molar-refractivity contribution is -0.159. The number of pyridine rings is 1. The van der Waals surface area contributed by atoms with Crippen LogP contribution in [0.3, 0.4) is 0 Å². The molecule has 4 rings (SSSR count). The first-order valence-electron chi connectivity index (χ1n) is 14.1. The molecule has 0 aliphatic heterocycles. The van der Waals surface area contributed by atoms with E-state index in [9.17, 15) is 9.59 Å². The molecule has 0 saturated heterocycles. The first-order valence-corrected chi connectivity index (χ1v) is 15.0. The number of methoxy groups -OCH3 is 2. The lowest BCUT2D eigenvalue weighted by atomic mass is 9.79. The lowest BCUT2D eigenvalue weighted by Crippen LogP contribution is -2.43. The van der Waals surface area contributed by atoms with Gasteiger partial charge in [-0.15, -0.1) is 17.9 Å². The van der Waals surface area contributed by atoms with E-state index < -0.39 is 17.3 Å². The van der Waals surface area contributed by atoms with Crippen LogP contribution in [-0.4, -0.2) is 60.7 Å². The molecule has 8 nitrogen and oxygen atoms in total. The van der Waals surface area contributed by atoms with Crippen molar-refractivity contribution in [3.63, 3.8) is 0 Å². The predicted octanol–water partition coefficient (Wildman–Crippen LogP) is 6.56. The van der Waals surface area contributed by atoms with Crippen LogP contribution < -0.4 is 9.47 Å². The fourth-order valence-corrected chi connectivity index (χ4v) is 6.59. The summed E-state index contributed by atoms with van der Waals surface area (Å²) in [5, 5.41) is 3.71. The number of benzene rings is 1. The summed E-state index contributed by atoms with van der Waals surface area (Å²) in [5.41, 5.74) is 2.39. The summed E-state index contributed by atoms with van der Waals surface area (Å²) in [5.74, 6) is 0.651. The molecule has 0 N–H and O–H groups in total. The van der Waals surface area contributed by atoms with E-state index in [1.807, 2.05) is 38.1 Å². The van der Waals surface area contributed by atoms with Gasteiger partial charge in [0.15, 0.2) is 0 Å². The number of rotatable bonds is 11. The number of carbonyl (C=O) groups is 2. The minimum atomic E-state index is -1.00. The zero-order chi connectivity index (χ0) is 29.9. The zero-order valence-electron chi connectivity index (χ0n) is 25.2. The van der Waals surface area contributed by atoms with Gasteiger partial charge in [-0.1, -0.05) is 19.9 Å². The third kappa shape index (κ3) is 6.10. The second-order valence-corrected chi connectivity index (χ2v) is 12.2. The number of aromatic nitrogens is 2. The number of unbranched alkanes of at least 4 members (excludes halogenated alkanes) is 1. The molecular formula is C32H41N3O5S. The van der Waals surface area contributed by atoms with E-state index in [0.29, 0.717) is 36.7 Å².